The van der Waals surface area contributed by atoms with E-state index in [1.165, 1.54) is 12.0 Å². The summed E-state index contributed by atoms with van der Waals surface area (Å²) in [5.74, 6) is -1.82. The number of amides is 1. The Morgan fingerprint density at radius 2 is 1.56 bits per heavy atom. The lowest BCUT2D eigenvalue weighted by molar-refractivity contribution is -0.135. The second kappa shape index (κ2) is 9.43. The van der Waals surface area contributed by atoms with Crippen molar-refractivity contribution in [2.24, 2.45) is 5.92 Å². The standard InChI is InChI=1S/C26H25N3O5/c1-15(2)34-20-12-6-17(7-13-20)23-22(24(30)18-8-10-19(33-4)11-9-18)25(31)26(32)29(23)21-14-5-16(3)27-28-21/h5-15,22-23H,1-4H3. The zero-order chi connectivity index (χ0) is 24.4. The number of aromatic nitrogens is 2. The van der Waals surface area contributed by atoms with Crippen molar-refractivity contribution in [3.63, 3.8) is 0 Å². The third-order valence-electron chi connectivity index (χ3n) is 5.59. The second-order valence-electron chi connectivity index (χ2n) is 8.32. The molecule has 174 valence electrons. The topological polar surface area (TPSA) is 98.7 Å². The van der Waals surface area contributed by atoms with Gasteiger partial charge in [0.2, 0.25) is 5.78 Å². The number of ether oxygens (including phenoxy) is 2. The lowest BCUT2D eigenvalue weighted by Gasteiger charge is -2.26. The van der Waals surface area contributed by atoms with Crippen molar-refractivity contribution in [1.29, 1.82) is 0 Å². The first-order valence-corrected chi connectivity index (χ1v) is 10.9. The lowest BCUT2D eigenvalue weighted by atomic mass is 9.86. The molecule has 0 spiro atoms. The van der Waals surface area contributed by atoms with Gasteiger partial charge in [0.15, 0.2) is 11.6 Å². The molecule has 0 N–H and O–H groups in total. The van der Waals surface area contributed by atoms with Crippen molar-refractivity contribution < 1.29 is 23.9 Å². The van der Waals surface area contributed by atoms with Crippen LogP contribution in [-0.4, -0.2) is 40.9 Å². The highest BCUT2D eigenvalue weighted by Crippen LogP contribution is 2.41. The van der Waals surface area contributed by atoms with Gasteiger partial charge in [-0.05, 0) is 74.9 Å². The van der Waals surface area contributed by atoms with E-state index in [1.54, 1.807) is 67.6 Å². The monoisotopic (exact) mass is 459 g/mol. The van der Waals surface area contributed by atoms with E-state index in [2.05, 4.69) is 10.2 Å². The Morgan fingerprint density at radius 3 is 2.12 bits per heavy atom. The van der Waals surface area contributed by atoms with Gasteiger partial charge in [-0.25, -0.2) is 0 Å². The Morgan fingerprint density at radius 1 is 0.912 bits per heavy atom. The number of aryl methyl sites for hydroxylation is 1. The molecule has 1 aliphatic heterocycles. The van der Waals surface area contributed by atoms with Crippen LogP contribution in [0.25, 0.3) is 0 Å². The zero-order valence-corrected chi connectivity index (χ0v) is 19.4. The van der Waals surface area contributed by atoms with Crippen LogP contribution < -0.4 is 14.4 Å². The molecule has 2 aromatic carbocycles. The van der Waals surface area contributed by atoms with E-state index >= 15 is 0 Å². The average Bonchev–Trinajstić information content (AvgIpc) is 3.10. The van der Waals surface area contributed by atoms with Crippen molar-refractivity contribution >= 4 is 23.3 Å². The average molecular weight is 460 g/mol. The maximum atomic E-state index is 13.5. The van der Waals surface area contributed by atoms with E-state index in [-0.39, 0.29) is 11.9 Å². The molecular weight excluding hydrogens is 434 g/mol. The minimum Gasteiger partial charge on any atom is -0.497 e. The number of hydrogen-bond acceptors (Lipinski definition) is 7. The number of benzene rings is 2. The zero-order valence-electron chi connectivity index (χ0n) is 19.4. The van der Waals surface area contributed by atoms with E-state index in [0.717, 1.165) is 0 Å². The molecule has 1 aromatic heterocycles. The molecule has 0 aliphatic carbocycles. The number of Topliss-reactive ketones (excluding diaryl/α,β-unsaturated/α-hetero) is 2. The third kappa shape index (κ3) is 4.39. The highest BCUT2D eigenvalue weighted by atomic mass is 16.5. The number of hydrogen-bond donors (Lipinski definition) is 0. The first kappa shape index (κ1) is 23.1. The molecular formula is C26H25N3O5. The molecule has 8 heteroatoms. The number of carbonyl (C=O) groups is 3. The van der Waals surface area contributed by atoms with Crippen LogP contribution in [0, 0.1) is 12.8 Å². The van der Waals surface area contributed by atoms with Crippen LogP contribution in [0.1, 0.15) is 41.5 Å². The maximum Gasteiger partial charge on any atom is 0.297 e. The molecule has 1 fully saturated rings. The SMILES string of the molecule is COc1ccc(C(=O)C2C(=O)C(=O)N(c3ccc(C)nn3)C2c2ccc(OC(C)C)cc2)cc1. The maximum absolute atomic E-state index is 13.5. The van der Waals surface area contributed by atoms with Crippen LogP contribution in [0.3, 0.4) is 0 Å². The Hall–Kier alpha value is -4.07. The van der Waals surface area contributed by atoms with Gasteiger partial charge in [-0.2, -0.15) is 5.10 Å². The predicted octanol–water partition coefficient (Wildman–Crippen LogP) is 3.74. The fourth-order valence-electron chi connectivity index (χ4n) is 3.99. The first-order chi connectivity index (χ1) is 16.3. The van der Waals surface area contributed by atoms with Crippen molar-refractivity contribution in [1.82, 2.24) is 10.2 Å². The summed E-state index contributed by atoms with van der Waals surface area (Å²) in [6, 6.07) is 16.0. The van der Waals surface area contributed by atoms with Crippen LogP contribution in [0.15, 0.2) is 60.7 Å². The van der Waals surface area contributed by atoms with E-state index < -0.39 is 29.4 Å². The van der Waals surface area contributed by atoms with Crippen LogP contribution in [-0.2, 0) is 9.59 Å². The van der Waals surface area contributed by atoms with Crippen LogP contribution in [0.5, 0.6) is 11.5 Å². The highest BCUT2D eigenvalue weighted by molar-refractivity contribution is 6.48. The van der Waals surface area contributed by atoms with Gasteiger partial charge in [0.25, 0.3) is 5.91 Å². The highest BCUT2D eigenvalue weighted by Gasteiger charge is 2.52. The molecule has 2 unspecified atom stereocenters. The molecule has 8 nitrogen and oxygen atoms in total. The van der Waals surface area contributed by atoms with Crippen molar-refractivity contribution in [2.45, 2.75) is 32.9 Å². The van der Waals surface area contributed by atoms with Crippen molar-refractivity contribution in [3.05, 3.63) is 77.5 Å². The van der Waals surface area contributed by atoms with Gasteiger partial charge in [0.05, 0.1) is 24.9 Å². The Kier molecular flexibility index (Phi) is 6.40. The molecule has 1 aliphatic rings. The van der Waals surface area contributed by atoms with Gasteiger partial charge in [-0.15, -0.1) is 5.10 Å². The van der Waals surface area contributed by atoms with Gasteiger partial charge in [0.1, 0.15) is 17.4 Å². The van der Waals surface area contributed by atoms with Gasteiger partial charge in [0, 0.05) is 5.56 Å². The number of nitrogens with zero attached hydrogens (tertiary/aromatic N) is 3. The molecule has 4 rings (SSSR count). The van der Waals surface area contributed by atoms with Crippen LogP contribution in [0.4, 0.5) is 5.82 Å². The normalized spacial score (nSPS) is 17.9. The summed E-state index contributed by atoms with van der Waals surface area (Å²) in [5, 5.41) is 8.15. The molecule has 3 aromatic rings. The van der Waals surface area contributed by atoms with Gasteiger partial charge in [-0.1, -0.05) is 12.1 Å². The lowest BCUT2D eigenvalue weighted by Crippen LogP contribution is -2.31. The van der Waals surface area contributed by atoms with Gasteiger partial charge >= 0.3 is 0 Å². The van der Waals surface area contributed by atoms with Crippen molar-refractivity contribution in [3.8, 4) is 11.5 Å². The summed E-state index contributed by atoms with van der Waals surface area (Å²) in [6.07, 6.45) is -0.00999. The predicted molar refractivity (Wildman–Crippen MR) is 125 cm³/mol. The van der Waals surface area contributed by atoms with Gasteiger partial charge < -0.3 is 9.47 Å². The number of anilines is 1. The minimum atomic E-state index is -1.24. The first-order valence-electron chi connectivity index (χ1n) is 10.9. The fraction of sp³-hybridized carbons (Fsp3) is 0.269. The van der Waals surface area contributed by atoms with Gasteiger partial charge in [-0.3, -0.25) is 19.3 Å². The molecule has 1 amide bonds. The number of methoxy groups -OCH3 is 1. The third-order valence-corrected chi connectivity index (χ3v) is 5.59. The second-order valence-corrected chi connectivity index (χ2v) is 8.32. The Bertz CT molecular complexity index is 1200. The van der Waals surface area contributed by atoms with Crippen molar-refractivity contribution in [2.75, 3.05) is 12.0 Å². The Labute approximate surface area is 197 Å². The summed E-state index contributed by atoms with van der Waals surface area (Å²) >= 11 is 0. The quantitative estimate of drug-likeness (QED) is 0.302. The van der Waals surface area contributed by atoms with E-state index in [1.807, 2.05) is 13.8 Å². The smallest absolute Gasteiger partial charge is 0.297 e. The summed E-state index contributed by atoms with van der Waals surface area (Å²) in [7, 11) is 1.53. The molecule has 2 atom stereocenters. The summed E-state index contributed by atoms with van der Waals surface area (Å²) in [4.78, 5) is 41.1. The van der Waals surface area contributed by atoms with Crippen LogP contribution >= 0.6 is 0 Å². The fourth-order valence-corrected chi connectivity index (χ4v) is 3.99. The summed E-state index contributed by atoms with van der Waals surface area (Å²) in [5.41, 5.74) is 1.59. The molecule has 1 saturated heterocycles. The summed E-state index contributed by atoms with van der Waals surface area (Å²) in [6.45, 7) is 5.61. The van der Waals surface area contributed by atoms with E-state index in [4.69, 9.17) is 9.47 Å². The number of ketones is 2. The summed E-state index contributed by atoms with van der Waals surface area (Å²) < 4.78 is 10.9. The van der Waals surface area contributed by atoms with E-state index in [9.17, 15) is 14.4 Å². The molecule has 0 saturated carbocycles. The molecule has 0 bridgehead atoms. The van der Waals surface area contributed by atoms with E-state index in [0.29, 0.717) is 28.3 Å². The number of rotatable bonds is 7. The molecule has 2 heterocycles. The molecule has 34 heavy (non-hydrogen) atoms. The number of carbonyl (C=O) groups excluding carboxylic acids is 3. The Balaban J connectivity index is 1.79. The van der Waals surface area contributed by atoms with Crippen LogP contribution in [0.2, 0.25) is 0 Å². The largest absolute Gasteiger partial charge is 0.497 e. The minimum absolute atomic E-state index is 0.00999. The molecule has 0 radical (unpaired) electrons.